The van der Waals surface area contributed by atoms with E-state index in [1.165, 1.54) is 113 Å². The molecule has 0 heterocycles. The summed E-state index contributed by atoms with van der Waals surface area (Å²) in [5.41, 5.74) is 20.9. The van der Waals surface area contributed by atoms with Crippen LogP contribution in [0.1, 0.15) is 103 Å². The first-order chi connectivity index (χ1) is 31.1. The fourth-order valence-electron chi connectivity index (χ4n) is 12.5. The van der Waals surface area contributed by atoms with Crippen molar-refractivity contribution >= 4 is 40.2 Å². The van der Waals surface area contributed by atoms with Crippen molar-refractivity contribution < 1.29 is 0 Å². The molecule has 11 rings (SSSR count). The highest BCUT2D eigenvalue weighted by molar-refractivity contribution is 5.83. The Balaban J connectivity index is 0.979. The van der Waals surface area contributed by atoms with Gasteiger partial charge >= 0.3 is 0 Å². The van der Waals surface area contributed by atoms with E-state index in [9.17, 15) is 0 Å². The number of hydrogen-bond acceptors (Lipinski definition) is 2. The summed E-state index contributed by atoms with van der Waals surface area (Å²) in [6.07, 6.45) is 13.5. The maximum atomic E-state index is 4.02. The number of unbranched alkanes of at least 4 members (excludes halogenated alkanes) is 1. The minimum absolute atomic E-state index is 0.244. The van der Waals surface area contributed by atoms with Crippen molar-refractivity contribution in [1.82, 2.24) is 0 Å². The van der Waals surface area contributed by atoms with Crippen LogP contribution in [0, 0.1) is 39.5 Å². The van der Waals surface area contributed by atoms with E-state index in [2.05, 4.69) is 209 Å². The first kappa shape index (κ1) is 41.9. The molecule has 4 saturated carbocycles. The van der Waals surface area contributed by atoms with Crippen molar-refractivity contribution in [2.45, 2.75) is 103 Å². The highest BCUT2D eigenvalue weighted by atomic mass is 15.1. The van der Waals surface area contributed by atoms with Crippen molar-refractivity contribution in [3.63, 3.8) is 0 Å². The zero-order valence-electron chi connectivity index (χ0n) is 38.7. The minimum atomic E-state index is 0.244. The van der Waals surface area contributed by atoms with Gasteiger partial charge in [-0.2, -0.15) is 0 Å². The summed E-state index contributed by atoms with van der Waals surface area (Å²) in [6, 6.07) is 60.3. The SMILES string of the molecule is C=Cc1ccc(C23CC4CC(C2)CC(c2ccc(N(c5ccc(CCCC)cc5)c5ccc(-c6ccc(N(c7ccc(C)cc7)c7ccc(C)cc7)cc6C)c(C)c5)cc2)(C4)C3)cc1. The van der Waals surface area contributed by atoms with Crippen LogP contribution >= 0.6 is 0 Å². The molecule has 0 spiro atoms. The molecule has 2 unspecified atom stereocenters. The molecule has 4 bridgehead atoms. The molecule has 0 saturated heterocycles. The molecule has 0 N–H and O–H groups in total. The second-order valence-corrected chi connectivity index (χ2v) is 20.0. The fraction of sp³-hybridized carbons (Fsp3) is 0.290. The Morgan fingerprint density at radius 2 is 0.891 bits per heavy atom. The predicted octanol–water partition coefficient (Wildman–Crippen LogP) is 17.3. The van der Waals surface area contributed by atoms with Crippen LogP contribution in [0.4, 0.5) is 34.1 Å². The van der Waals surface area contributed by atoms with Gasteiger partial charge in [-0.05, 0) is 219 Å². The fourth-order valence-corrected chi connectivity index (χ4v) is 12.5. The maximum Gasteiger partial charge on any atom is 0.0464 e. The summed E-state index contributed by atoms with van der Waals surface area (Å²) in [6.45, 7) is 15.1. The molecule has 0 aliphatic heterocycles. The van der Waals surface area contributed by atoms with E-state index >= 15 is 0 Å². The average Bonchev–Trinajstić information content (AvgIpc) is 3.30. The monoisotopic (exact) mass is 837 g/mol. The molecule has 0 radical (unpaired) electrons. The van der Waals surface area contributed by atoms with E-state index in [0.717, 1.165) is 35.3 Å². The molecular formula is C62H64N2. The van der Waals surface area contributed by atoms with Gasteiger partial charge in [-0.3, -0.25) is 0 Å². The molecule has 7 aromatic rings. The Morgan fingerprint density at radius 3 is 1.30 bits per heavy atom. The quantitative estimate of drug-likeness (QED) is 0.114. The third-order valence-electron chi connectivity index (χ3n) is 15.4. The van der Waals surface area contributed by atoms with Crippen LogP contribution in [0.15, 0.2) is 164 Å². The molecule has 0 aromatic heterocycles. The summed E-state index contributed by atoms with van der Waals surface area (Å²) < 4.78 is 0. The molecule has 2 atom stereocenters. The number of benzene rings is 7. The van der Waals surface area contributed by atoms with Crippen LogP contribution in [-0.4, -0.2) is 0 Å². The van der Waals surface area contributed by atoms with E-state index < -0.39 is 0 Å². The van der Waals surface area contributed by atoms with E-state index in [-0.39, 0.29) is 10.8 Å². The van der Waals surface area contributed by atoms with Crippen molar-refractivity contribution in [3.05, 3.63) is 209 Å². The molecule has 4 fully saturated rings. The lowest BCUT2D eigenvalue weighted by Gasteiger charge is -2.63. The molecular weight excluding hydrogens is 773 g/mol. The number of nitrogens with zero attached hydrogens (tertiary/aromatic N) is 2. The molecule has 2 nitrogen and oxygen atoms in total. The molecule has 2 heteroatoms. The highest BCUT2D eigenvalue weighted by Gasteiger charge is 2.58. The number of anilines is 6. The first-order valence-electron chi connectivity index (χ1n) is 24.0. The average molecular weight is 837 g/mol. The first-order valence-corrected chi connectivity index (χ1v) is 24.0. The Labute approximate surface area is 383 Å². The van der Waals surface area contributed by atoms with Crippen molar-refractivity contribution in [3.8, 4) is 11.1 Å². The van der Waals surface area contributed by atoms with Gasteiger partial charge < -0.3 is 9.80 Å². The topological polar surface area (TPSA) is 6.48 Å². The summed E-state index contributed by atoms with van der Waals surface area (Å²) in [5, 5.41) is 0. The van der Waals surface area contributed by atoms with Crippen LogP contribution in [0.5, 0.6) is 0 Å². The molecule has 4 aliphatic rings. The Morgan fingerprint density at radius 1 is 0.500 bits per heavy atom. The Bertz CT molecular complexity index is 2700. The zero-order chi connectivity index (χ0) is 44.0. The smallest absolute Gasteiger partial charge is 0.0464 e. The van der Waals surface area contributed by atoms with Crippen LogP contribution in [-0.2, 0) is 17.3 Å². The Hall–Kier alpha value is -6.12. The predicted molar refractivity (Wildman–Crippen MR) is 273 cm³/mol. The van der Waals surface area contributed by atoms with E-state index in [4.69, 9.17) is 0 Å². The molecule has 0 amide bonds. The van der Waals surface area contributed by atoms with Crippen LogP contribution in [0.2, 0.25) is 0 Å². The summed E-state index contributed by atoms with van der Waals surface area (Å²) in [7, 11) is 0. The second kappa shape index (κ2) is 17.1. The molecule has 64 heavy (non-hydrogen) atoms. The van der Waals surface area contributed by atoms with Gasteiger partial charge in [0.25, 0.3) is 0 Å². The standard InChI is InChI=1S/C62H64N2/c1-7-9-10-48-17-27-55(28-18-48)64(56-29-21-52(22-30-56)62-40-49-37-50(41-62)39-61(38-49,42-62)51-19-15-47(8-2)16-20-51)58-32-34-60(46(6)36-58)59-33-31-57(35-45(59)5)63(53-23-11-43(3)12-24-53)54-25-13-44(4)14-26-54/h8,11-36,49-50H,2,7,9-10,37-42H2,1,3-6H3. The third kappa shape index (κ3) is 7.91. The highest BCUT2D eigenvalue weighted by Crippen LogP contribution is 2.66. The Kier molecular flexibility index (Phi) is 11.2. The van der Waals surface area contributed by atoms with Gasteiger partial charge in [0, 0.05) is 34.1 Å². The molecule has 322 valence electrons. The van der Waals surface area contributed by atoms with Crippen molar-refractivity contribution in [1.29, 1.82) is 0 Å². The second-order valence-electron chi connectivity index (χ2n) is 20.0. The van der Waals surface area contributed by atoms with Crippen LogP contribution in [0.25, 0.3) is 17.2 Å². The van der Waals surface area contributed by atoms with E-state index in [1.54, 1.807) is 11.1 Å². The summed E-state index contributed by atoms with van der Waals surface area (Å²) in [4.78, 5) is 4.84. The van der Waals surface area contributed by atoms with Gasteiger partial charge in [-0.25, -0.2) is 0 Å². The lowest BCUT2D eigenvalue weighted by molar-refractivity contribution is -0.0281. The largest absolute Gasteiger partial charge is 0.310 e. The van der Waals surface area contributed by atoms with Gasteiger partial charge in [0.15, 0.2) is 0 Å². The lowest BCUT2D eigenvalue weighted by Crippen LogP contribution is -2.55. The van der Waals surface area contributed by atoms with Crippen LogP contribution < -0.4 is 9.80 Å². The number of hydrogen-bond donors (Lipinski definition) is 0. The van der Waals surface area contributed by atoms with Gasteiger partial charge in [0.05, 0.1) is 0 Å². The third-order valence-corrected chi connectivity index (χ3v) is 15.4. The van der Waals surface area contributed by atoms with Gasteiger partial charge in [-0.1, -0.05) is 122 Å². The summed E-state index contributed by atoms with van der Waals surface area (Å²) >= 11 is 0. The van der Waals surface area contributed by atoms with Crippen LogP contribution in [0.3, 0.4) is 0 Å². The molecule has 4 aliphatic carbocycles. The lowest BCUT2D eigenvalue weighted by atomic mass is 9.42. The van der Waals surface area contributed by atoms with E-state index in [1.807, 2.05) is 6.08 Å². The maximum absolute atomic E-state index is 4.02. The van der Waals surface area contributed by atoms with Gasteiger partial charge in [-0.15, -0.1) is 0 Å². The normalized spacial score (nSPS) is 20.9. The van der Waals surface area contributed by atoms with Gasteiger partial charge in [0.2, 0.25) is 0 Å². The van der Waals surface area contributed by atoms with E-state index in [0.29, 0.717) is 0 Å². The summed E-state index contributed by atoms with van der Waals surface area (Å²) in [5.74, 6) is 1.62. The molecule has 7 aromatic carbocycles. The number of aryl methyl sites for hydroxylation is 5. The van der Waals surface area contributed by atoms with Crippen molar-refractivity contribution in [2.75, 3.05) is 9.80 Å². The number of rotatable bonds is 13. The van der Waals surface area contributed by atoms with Gasteiger partial charge in [0.1, 0.15) is 0 Å². The van der Waals surface area contributed by atoms with Crippen molar-refractivity contribution in [2.24, 2.45) is 11.8 Å². The zero-order valence-corrected chi connectivity index (χ0v) is 38.7. The minimum Gasteiger partial charge on any atom is -0.310 e.